The number of hydrogen-bond acceptors (Lipinski definition) is 8. The van der Waals surface area contributed by atoms with Crippen molar-refractivity contribution in [2.45, 2.75) is 38.7 Å². The predicted octanol–water partition coefficient (Wildman–Crippen LogP) is 6.05. The number of nitro groups is 1. The smallest absolute Gasteiger partial charge is 0.271 e. The molecule has 10 heteroatoms. The Morgan fingerprint density at radius 3 is 2.51 bits per heavy atom. The zero-order valence-corrected chi connectivity index (χ0v) is 25.8. The van der Waals surface area contributed by atoms with E-state index in [1.165, 1.54) is 24.3 Å². The van der Waals surface area contributed by atoms with Crippen LogP contribution in [-0.2, 0) is 9.59 Å². The number of amides is 2. The topological polar surface area (TPSA) is 154 Å². The second-order valence-corrected chi connectivity index (χ2v) is 12.0. The quantitative estimate of drug-likeness (QED) is 0.0825. The molecule has 1 aromatic heterocycles. The lowest BCUT2D eigenvalue weighted by molar-refractivity contribution is -0.384. The highest BCUT2D eigenvalue weighted by Gasteiger charge is 2.55. The SMILES string of the molecule is CCC1=C([C@H](O)CC/C(=C/c2ccc(O)c3ccccc23)c2ccccn2)[C@H](CO)[C@@H]2C(=O)N(c3cccc([N+](=O)[O-])c3)C(=O)[C@@H]2C1. The first-order chi connectivity index (χ1) is 22.7. The number of phenolic OH excluding ortho intramolecular Hbond substituents is 1. The number of aromatic hydroxyl groups is 1. The van der Waals surface area contributed by atoms with Gasteiger partial charge >= 0.3 is 0 Å². The number of allylic oxidation sites excluding steroid dienone is 2. The number of aromatic nitrogens is 1. The minimum atomic E-state index is -1.01. The second-order valence-electron chi connectivity index (χ2n) is 12.0. The van der Waals surface area contributed by atoms with E-state index in [0.717, 1.165) is 38.1 Å². The number of phenols is 1. The molecule has 10 nitrogen and oxygen atoms in total. The minimum Gasteiger partial charge on any atom is -0.507 e. The molecule has 4 aromatic rings. The Balaban J connectivity index is 1.31. The van der Waals surface area contributed by atoms with Crippen molar-refractivity contribution in [1.82, 2.24) is 4.98 Å². The molecule has 3 aromatic carbocycles. The summed E-state index contributed by atoms with van der Waals surface area (Å²) in [5.74, 6) is -3.24. The molecule has 2 aliphatic rings. The minimum absolute atomic E-state index is 0.118. The van der Waals surface area contributed by atoms with Crippen LogP contribution < -0.4 is 4.90 Å². The first-order valence-corrected chi connectivity index (χ1v) is 15.7. The van der Waals surface area contributed by atoms with Gasteiger partial charge in [0, 0.05) is 29.6 Å². The maximum Gasteiger partial charge on any atom is 0.271 e. The highest BCUT2D eigenvalue weighted by Crippen LogP contribution is 2.48. The number of nitrogens with zero attached hydrogens (tertiary/aromatic N) is 3. The predicted molar refractivity (Wildman–Crippen MR) is 178 cm³/mol. The van der Waals surface area contributed by atoms with Crippen molar-refractivity contribution in [3.63, 3.8) is 0 Å². The molecule has 0 bridgehead atoms. The Bertz CT molecular complexity index is 1920. The van der Waals surface area contributed by atoms with Crippen LogP contribution in [-0.4, -0.2) is 49.8 Å². The number of aliphatic hydroxyl groups is 2. The van der Waals surface area contributed by atoms with Crippen molar-refractivity contribution in [3.05, 3.63) is 118 Å². The van der Waals surface area contributed by atoms with Crippen LogP contribution in [0.4, 0.5) is 11.4 Å². The first kappa shape index (κ1) is 31.8. The van der Waals surface area contributed by atoms with Crippen molar-refractivity contribution in [1.29, 1.82) is 0 Å². The largest absolute Gasteiger partial charge is 0.507 e. The summed E-state index contributed by atoms with van der Waals surface area (Å²) in [6, 6.07) is 22.1. The maximum atomic E-state index is 13.8. The second kappa shape index (κ2) is 13.3. The number of imide groups is 1. The molecule has 4 atom stereocenters. The number of aliphatic hydroxyl groups excluding tert-OH is 2. The van der Waals surface area contributed by atoms with Crippen LogP contribution in [0.3, 0.4) is 0 Å². The molecule has 0 radical (unpaired) electrons. The summed E-state index contributed by atoms with van der Waals surface area (Å²) in [6.45, 7) is 1.48. The Morgan fingerprint density at radius 1 is 1.04 bits per heavy atom. The average molecular weight is 634 g/mol. The number of hydrogen-bond donors (Lipinski definition) is 3. The van der Waals surface area contributed by atoms with Gasteiger partial charge in [0.1, 0.15) is 5.75 Å². The summed E-state index contributed by atoms with van der Waals surface area (Å²) in [5, 5.41) is 45.8. The number of non-ortho nitro benzene ring substituents is 1. The van der Waals surface area contributed by atoms with Crippen LogP contribution in [0.1, 0.15) is 43.9 Å². The highest BCUT2D eigenvalue weighted by atomic mass is 16.6. The van der Waals surface area contributed by atoms with E-state index in [1.807, 2.05) is 61.5 Å². The van der Waals surface area contributed by atoms with Gasteiger partial charge in [-0.15, -0.1) is 0 Å². The van der Waals surface area contributed by atoms with Gasteiger partial charge < -0.3 is 15.3 Å². The molecule has 1 aliphatic carbocycles. The van der Waals surface area contributed by atoms with Crippen LogP contribution in [0.2, 0.25) is 0 Å². The third-order valence-corrected chi connectivity index (χ3v) is 9.41. The number of rotatable bonds is 10. The summed E-state index contributed by atoms with van der Waals surface area (Å²) >= 11 is 0. The number of fused-ring (bicyclic) bond motifs is 2. The van der Waals surface area contributed by atoms with E-state index in [-0.39, 0.29) is 30.0 Å². The molecule has 6 rings (SSSR count). The fraction of sp³-hybridized carbons (Fsp3) is 0.270. The van der Waals surface area contributed by atoms with Crippen LogP contribution in [0.5, 0.6) is 5.75 Å². The highest BCUT2D eigenvalue weighted by molar-refractivity contribution is 6.22. The molecular weight excluding hydrogens is 598 g/mol. The third-order valence-electron chi connectivity index (χ3n) is 9.41. The van der Waals surface area contributed by atoms with E-state index in [1.54, 1.807) is 12.3 Å². The molecule has 240 valence electrons. The third kappa shape index (κ3) is 5.93. The standard InChI is InChI=1S/C37H35N3O7/c1-2-22-19-29-35(37(45)39(36(29)44)25-8-7-9-26(20-25)40(46)47)30(21-41)34(22)33(43)16-14-24(31-12-5-6-17-38-31)18-23-13-15-32(42)28-11-4-3-10-27(23)28/h3-13,15,17-18,20,29-30,33,35,41-43H,2,14,16,19,21H2,1H3/b24-18-/t29-,30+,33-,35-/m1/s1. The Labute approximate surface area is 271 Å². The van der Waals surface area contributed by atoms with Gasteiger partial charge in [-0.3, -0.25) is 24.7 Å². The number of carbonyl (C=O) groups is 2. The summed E-state index contributed by atoms with van der Waals surface area (Å²) in [5.41, 5.74) is 3.75. The lowest BCUT2D eigenvalue weighted by atomic mass is 9.67. The number of benzene rings is 3. The van der Waals surface area contributed by atoms with Gasteiger partial charge in [0.05, 0.1) is 40.9 Å². The van der Waals surface area contributed by atoms with E-state index >= 15 is 0 Å². The zero-order valence-electron chi connectivity index (χ0n) is 25.8. The van der Waals surface area contributed by atoms with Crippen molar-refractivity contribution >= 4 is 45.6 Å². The van der Waals surface area contributed by atoms with Gasteiger partial charge in [-0.05, 0) is 78.1 Å². The van der Waals surface area contributed by atoms with E-state index in [9.17, 15) is 35.0 Å². The van der Waals surface area contributed by atoms with Crippen LogP contribution in [0.25, 0.3) is 22.4 Å². The molecule has 1 aliphatic heterocycles. The molecule has 1 fully saturated rings. The molecule has 2 amide bonds. The lowest BCUT2D eigenvalue weighted by Crippen LogP contribution is -2.39. The van der Waals surface area contributed by atoms with Gasteiger partial charge in [-0.2, -0.15) is 0 Å². The maximum absolute atomic E-state index is 13.8. The Kier molecular flexibility index (Phi) is 8.97. The van der Waals surface area contributed by atoms with E-state index in [4.69, 9.17) is 0 Å². The molecule has 0 unspecified atom stereocenters. The van der Waals surface area contributed by atoms with Crippen molar-refractivity contribution in [3.8, 4) is 5.75 Å². The number of carbonyl (C=O) groups excluding carboxylic acids is 2. The molecule has 3 N–H and O–H groups in total. The van der Waals surface area contributed by atoms with Gasteiger partial charge in [0.2, 0.25) is 11.8 Å². The fourth-order valence-electron chi connectivity index (χ4n) is 7.19. The zero-order chi connectivity index (χ0) is 33.2. The van der Waals surface area contributed by atoms with Crippen LogP contribution >= 0.6 is 0 Å². The number of pyridine rings is 1. The van der Waals surface area contributed by atoms with Crippen molar-refractivity contribution < 1.29 is 29.8 Å². The van der Waals surface area contributed by atoms with Crippen LogP contribution in [0.15, 0.2) is 96.2 Å². The van der Waals surface area contributed by atoms with E-state index in [0.29, 0.717) is 18.4 Å². The van der Waals surface area contributed by atoms with Gasteiger partial charge in [-0.1, -0.05) is 55.0 Å². The number of anilines is 1. The molecule has 1 saturated heterocycles. The molecule has 0 spiro atoms. The number of nitro benzene ring substituents is 1. The summed E-state index contributed by atoms with van der Waals surface area (Å²) in [7, 11) is 0. The monoisotopic (exact) mass is 633 g/mol. The van der Waals surface area contributed by atoms with E-state index in [2.05, 4.69) is 4.98 Å². The lowest BCUT2D eigenvalue weighted by Gasteiger charge is -2.36. The molecule has 2 heterocycles. The summed E-state index contributed by atoms with van der Waals surface area (Å²) in [4.78, 5) is 43.8. The molecule has 0 saturated carbocycles. The van der Waals surface area contributed by atoms with Crippen molar-refractivity contribution in [2.24, 2.45) is 17.8 Å². The van der Waals surface area contributed by atoms with E-state index < -0.39 is 47.2 Å². The van der Waals surface area contributed by atoms with Crippen LogP contribution in [0, 0.1) is 27.9 Å². The van der Waals surface area contributed by atoms with Gasteiger partial charge in [0.25, 0.3) is 5.69 Å². The summed E-state index contributed by atoms with van der Waals surface area (Å²) < 4.78 is 0. The van der Waals surface area contributed by atoms with Gasteiger partial charge in [-0.25, -0.2) is 4.90 Å². The Morgan fingerprint density at radius 2 is 1.81 bits per heavy atom. The fourth-order valence-corrected chi connectivity index (χ4v) is 7.19. The normalized spacial score (nSPS) is 20.5. The average Bonchev–Trinajstić information content (AvgIpc) is 3.35. The summed E-state index contributed by atoms with van der Waals surface area (Å²) in [6.07, 6.45) is 4.14. The first-order valence-electron chi connectivity index (χ1n) is 15.7. The molecular formula is C37H35N3O7. The Hall–Kier alpha value is -5.19. The van der Waals surface area contributed by atoms with Gasteiger partial charge in [0.15, 0.2) is 0 Å². The van der Waals surface area contributed by atoms with Crippen molar-refractivity contribution in [2.75, 3.05) is 11.5 Å². The molecule has 47 heavy (non-hydrogen) atoms.